The molecule has 0 radical (unpaired) electrons. The van der Waals surface area contributed by atoms with Crippen molar-refractivity contribution in [2.45, 2.75) is 373 Å². The maximum atomic E-state index is 12.4. The Labute approximate surface area is 450 Å². The highest BCUT2D eigenvalue weighted by Gasteiger charge is 2.20. The van der Waals surface area contributed by atoms with E-state index in [2.05, 4.69) is 43.5 Å². The van der Waals surface area contributed by atoms with Crippen LogP contribution in [0.25, 0.3) is 0 Å². The Morgan fingerprint density at radius 2 is 0.694 bits per heavy atom. The summed E-state index contributed by atoms with van der Waals surface area (Å²) in [4.78, 5) is 24.5. The number of rotatable bonds is 61. The van der Waals surface area contributed by atoms with Gasteiger partial charge in [0.15, 0.2) is 0 Å². The highest BCUT2D eigenvalue weighted by molar-refractivity contribution is 5.76. The number of aliphatic hydroxyl groups is 2. The molecule has 2 unspecified atom stereocenters. The number of hydrogen-bond acceptors (Lipinski definition) is 5. The number of unbranched alkanes of at least 4 members (excludes halogenated alkanes) is 46. The Kier molecular flexibility index (Phi) is 60.5. The molecule has 0 spiro atoms. The van der Waals surface area contributed by atoms with Gasteiger partial charge in [-0.2, -0.15) is 0 Å². The van der Waals surface area contributed by atoms with E-state index < -0.39 is 12.1 Å². The third-order valence-corrected chi connectivity index (χ3v) is 15.3. The maximum Gasteiger partial charge on any atom is 0.305 e. The molecule has 0 saturated heterocycles. The molecular weight excluding hydrogens is 887 g/mol. The Morgan fingerprint density at radius 1 is 0.389 bits per heavy atom. The van der Waals surface area contributed by atoms with E-state index >= 15 is 0 Å². The van der Waals surface area contributed by atoms with Crippen molar-refractivity contribution in [1.82, 2.24) is 5.32 Å². The number of nitrogens with one attached hydrogen (secondary N) is 1. The molecule has 0 heterocycles. The lowest BCUT2D eigenvalue weighted by molar-refractivity contribution is -0.143. The number of esters is 1. The van der Waals surface area contributed by atoms with E-state index in [0.29, 0.717) is 25.9 Å². The first-order chi connectivity index (χ1) is 35.5. The zero-order valence-electron chi connectivity index (χ0n) is 48.7. The van der Waals surface area contributed by atoms with Crippen LogP contribution >= 0.6 is 0 Å². The predicted octanol–water partition coefficient (Wildman–Crippen LogP) is 20.6. The minimum Gasteiger partial charge on any atom is -0.466 e. The van der Waals surface area contributed by atoms with E-state index in [4.69, 9.17) is 4.74 Å². The van der Waals surface area contributed by atoms with E-state index in [-0.39, 0.29) is 18.5 Å². The number of hydrogen-bond donors (Lipinski definition) is 3. The average molecular weight is 1010 g/mol. The minimum absolute atomic E-state index is 0.0153. The average Bonchev–Trinajstić information content (AvgIpc) is 3.38. The quantitative estimate of drug-likeness (QED) is 0.0320. The fourth-order valence-corrected chi connectivity index (χ4v) is 10.3. The van der Waals surface area contributed by atoms with Crippen molar-refractivity contribution in [3.8, 4) is 0 Å². The Bertz CT molecular complexity index is 1120. The number of carbonyl (C=O) groups excluding carboxylic acids is 2. The smallest absolute Gasteiger partial charge is 0.305 e. The van der Waals surface area contributed by atoms with Gasteiger partial charge in [0.1, 0.15) is 0 Å². The van der Waals surface area contributed by atoms with Crippen molar-refractivity contribution in [3.05, 3.63) is 24.3 Å². The van der Waals surface area contributed by atoms with E-state index in [1.807, 2.05) is 0 Å². The number of ether oxygens (including phenoxy) is 1. The van der Waals surface area contributed by atoms with Crippen LogP contribution in [-0.2, 0) is 14.3 Å². The van der Waals surface area contributed by atoms with Crippen molar-refractivity contribution >= 4 is 11.9 Å². The summed E-state index contributed by atoms with van der Waals surface area (Å²) in [7, 11) is 0. The monoisotopic (exact) mass is 1010 g/mol. The molecule has 0 aliphatic carbocycles. The fraction of sp³-hybridized carbons (Fsp3) is 0.909. The molecule has 3 N–H and O–H groups in total. The van der Waals surface area contributed by atoms with Gasteiger partial charge in [-0.3, -0.25) is 9.59 Å². The number of aliphatic hydroxyl groups excluding tert-OH is 2. The van der Waals surface area contributed by atoms with E-state index in [9.17, 15) is 19.8 Å². The standard InChI is InChI=1S/C66H127NO5/c1-3-5-7-9-11-13-15-16-32-36-40-44-48-52-56-60-66(71)72-61-57-53-49-45-41-37-34-31-29-27-25-23-21-19-17-18-20-22-24-26-28-30-33-35-39-43-47-51-55-59-65(70)67-63(62-68)64(69)58-54-50-46-42-38-14-12-10-8-6-4-2/h17,19,23,25,63-64,68-69H,3-16,18,20-22,24,26-62H2,1-2H3,(H,67,70)/b19-17-,25-23-. The van der Waals surface area contributed by atoms with Crippen LogP contribution in [-0.4, -0.2) is 47.4 Å². The summed E-state index contributed by atoms with van der Waals surface area (Å²) in [5.74, 6) is -0.0204. The molecule has 426 valence electrons. The number of allylic oxidation sites excluding steroid dienone is 4. The Balaban J connectivity index is 3.37. The zero-order valence-corrected chi connectivity index (χ0v) is 48.7. The summed E-state index contributed by atoms with van der Waals surface area (Å²) < 4.78 is 5.49. The van der Waals surface area contributed by atoms with Gasteiger partial charge < -0.3 is 20.3 Å². The van der Waals surface area contributed by atoms with Gasteiger partial charge in [-0.05, 0) is 57.8 Å². The summed E-state index contributed by atoms with van der Waals surface area (Å²) in [6.45, 7) is 4.96. The minimum atomic E-state index is -0.663. The normalized spacial score (nSPS) is 12.7. The molecule has 0 aromatic rings. The Hall–Kier alpha value is -1.66. The molecule has 0 aliphatic rings. The molecule has 0 aliphatic heterocycles. The first-order valence-corrected chi connectivity index (χ1v) is 32.6. The predicted molar refractivity (Wildman–Crippen MR) is 315 cm³/mol. The highest BCUT2D eigenvalue weighted by atomic mass is 16.5. The molecule has 0 aromatic heterocycles. The molecule has 2 atom stereocenters. The van der Waals surface area contributed by atoms with Crippen LogP contribution in [0, 0.1) is 0 Å². The third kappa shape index (κ3) is 57.6. The lowest BCUT2D eigenvalue weighted by Gasteiger charge is -2.22. The van der Waals surface area contributed by atoms with Crippen LogP contribution in [0.1, 0.15) is 361 Å². The molecule has 6 nitrogen and oxygen atoms in total. The fourth-order valence-electron chi connectivity index (χ4n) is 10.3. The van der Waals surface area contributed by atoms with Gasteiger partial charge in [-0.15, -0.1) is 0 Å². The second-order valence-corrected chi connectivity index (χ2v) is 22.5. The molecule has 6 heteroatoms. The molecular formula is C66H127NO5. The topological polar surface area (TPSA) is 95.9 Å². The van der Waals surface area contributed by atoms with Gasteiger partial charge >= 0.3 is 5.97 Å². The Morgan fingerprint density at radius 3 is 1.06 bits per heavy atom. The summed E-state index contributed by atoms with van der Waals surface area (Å²) in [6.07, 6.45) is 76.4. The highest BCUT2D eigenvalue weighted by Crippen LogP contribution is 2.18. The SMILES string of the molecule is CCCCCCCCCCCCCCCCCC(=O)OCCCCCCCCCCC/C=C\C/C=C\CCCCCCCCCCCCCCCC(=O)NC(CO)C(O)CCCCCCCCCCCCC. The summed E-state index contributed by atoms with van der Waals surface area (Å²) in [5, 5.41) is 23.2. The van der Waals surface area contributed by atoms with Gasteiger partial charge in [0.2, 0.25) is 5.91 Å². The first kappa shape index (κ1) is 70.3. The largest absolute Gasteiger partial charge is 0.466 e. The van der Waals surface area contributed by atoms with Crippen molar-refractivity contribution in [2.75, 3.05) is 13.2 Å². The lowest BCUT2D eigenvalue weighted by atomic mass is 10.0. The zero-order chi connectivity index (χ0) is 52.2. The molecule has 0 aromatic carbocycles. The van der Waals surface area contributed by atoms with E-state index in [1.165, 1.54) is 283 Å². The molecule has 0 bridgehead atoms. The second kappa shape index (κ2) is 61.9. The molecule has 1 amide bonds. The van der Waals surface area contributed by atoms with Gasteiger partial charge in [-0.1, -0.05) is 314 Å². The van der Waals surface area contributed by atoms with Gasteiger partial charge in [0.05, 0.1) is 25.4 Å². The van der Waals surface area contributed by atoms with Gasteiger partial charge in [0.25, 0.3) is 0 Å². The van der Waals surface area contributed by atoms with Crippen molar-refractivity contribution in [3.63, 3.8) is 0 Å². The maximum absolute atomic E-state index is 12.4. The van der Waals surface area contributed by atoms with Crippen LogP contribution in [0.3, 0.4) is 0 Å². The van der Waals surface area contributed by atoms with E-state index in [0.717, 1.165) is 44.9 Å². The molecule has 0 saturated carbocycles. The van der Waals surface area contributed by atoms with Crippen LogP contribution in [0.5, 0.6) is 0 Å². The molecule has 0 fully saturated rings. The molecule has 72 heavy (non-hydrogen) atoms. The van der Waals surface area contributed by atoms with E-state index in [1.54, 1.807) is 0 Å². The number of amides is 1. The second-order valence-electron chi connectivity index (χ2n) is 22.5. The van der Waals surface area contributed by atoms with Crippen molar-refractivity contribution < 1.29 is 24.5 Å². The van der Waals surface area contributed by atoms with Crippen LogP contribution in [0.15, 0.2) is 24.3 Å². The van der Waals surface area contributed by atoms with Crippen LogP contribution in [0.4, 0.5) is 0 Å². The van der Waals surface area contributed by atoms with Crippen LogP contribution < -0.4 is 5.32 Å². The lowest BCUT2D eigenvalue weighted by Crippen LogP contribution is -2.45. The van der Waals surface area contributed by atoms with Crippen molar-refractivity contribution in [2.24, 2.45) is 0 Å². The summed E-state index contributed by atoms with van der Waals surface area (Å²) >= 11 is 0. The third-order valence-electron chi connectivity index (χ3n) is 15.3. The summed E-state index contributed by atoms with van der Waals surface area (Å²) in [5.41, 5.74) is 0. The summed E-state index contributed by atoms with van der Waals surface area (Å²) in [6, 6.07) is -0.540. The first-order valence-electron chi connectivity index (χ1n) is 32.6. The van der Waals surface area contributed by atoms with Gasteiger partial charge in [0, 0.05) is 12.8 Å². The number of carbonyl (C=O) groups is 2. The van der Waals surface area contributed by atoms with Gasteiger partial charge in [-0.25, -0.2) is 0 Å². The van der Waals surface area contributed by atoms with Crippen molar-refractivity contribution in [1.29, 1.82) is 0 Å². The molecule has 0 rings (SSSR count). The van der Waals surface area contributed by atoms with Crippen LogP contribution in [0.2, 0.25) is 0 Å².